The van der Waals surface area contributed by atoms with E-state index >= 15 is 0 Å². The molecular formula is C15H10F2N4OS2. The average molecular weight is 364 g/mol. The summed E-state index contributed by atoms with van der Waals surface area (Å²) < 4.78 is 25.1. The normalized spacial score (nSPS) is 10.8. The maximum Gasteiger partial charge on any atom is 0.290 e. The van der Waals surface area contributed by atoms with Gasteiger partial charge in [0, 0.05) is 29.5 Å². The number of carbonyl (C=O) groups excluding carboxylic acids is 1. The van der Waals surface area contributed by atoms with Crippen LogP contribution in [0.1, 0.15) is 10.4 Å². The molecule has 5 nitrogen and oxygen atoms in total. The van der Waals surface area contributed by atoms with Gasteiger partial charge >= 0.3 is 0 Å². The predicted molar refractivity (Wildman–Crippen MR) is 89.4 cm³/mol. The first kappa shape index (κ1) is 16.5. The lowest BCUT2D eigenvalue weighted by Crippen LogP contribution is -2.13. The summed E-state index contributed by atoms with van der Waals surface area (Å²) in [6.07, 6.45) is 4.69. The highest BCUT2D eigenvalue weighted by atomic mass is 32.2. The number of pyridine rings is 2. The van der Waals surface area contributed by atoms with Crippen LogP contribution in [0.5, 0.6) is 0 Å². The number of halogens is 2. The van der Waals surface area contributed by atoms with E-state index in [1.165, 1.54) is 29.7 Å². The Bertz CT molecular complexity index is 842. The topological polar surface area (TPSA) is 67.8 Å². The molecule has 0 aliphatic carbocycles. The molecular weight excluding hydrogens is 354 g/mol. The monoisotopic (exact) mass is 364 g/mol. The van der Waals surface area contributed by atoms with Gasteiger partial charge < -0.3 is 0 Å². The number of carbonyl (C=O) groups is 1. The third kappa shape index (κ3) is 3.92. The van der Waals surface area contributed by atoms with E-state index in [9.17, 15) is 13.6 Å². The Morgan fingerprint density at radius 2 is 2.08 bits per heavy atom. The number of aromatic nitrogens is 3. The molecule has 3 rings (SSSR count). The van der Waals surface area contributed by atoms with E-state index in [0.717, 1.165) is 5.56 Å². The Balaban J connectivity index is 1.78. The summed E-state index contributed by atoms with van der Waals surface area (Å²) in [5, 5.41) is 4.75. The minimum atomic E-state index is -2.65. The first-order chi connectivity index (χ1) is 11.6. The summed E-state index contributed by atoms with van der Waals surface area (Å²) in [6.45, 7) is 0. The molecule has 122 valence electrons. The van der Waals surface area contributed by atoms with Crippen molar-refractivity contribution < 1.29 is 13.6 Å². The number of amides is 1. The summed E-state index contributed by atoms with van der Waals surface area (Å²) in [7, 11) is 0. The molecule has 3 aromatic heterocycles. The molecule has 0 radical (unpaired) electrons. The number of thioether (sulfide) groups is 1. The van der Waals surface area contributed by atoms with E-state index in [1.54, 1.807) is 23.8 Å². The van der Waals surface area contributed by atoms with Crippen LogP contribution in [0.15, 0.2) is 53.3 Å². The van der Waals surface area contributed by atoms with Crippen molar-refractivity contribution in [1.29, 1.82) is 0 Å². The highest BCUT2D eigenvalue weighted by Gasteiger charge is 2.17. The van der Waals surface area contributed by atoms with Gasteiger partial charge in [-0.3, -0.25) is 15.1 Å². The third-order valence-corrected chi connectivity index (χ3v) is 4.38. The van der Waals surface area contributed by atoms with Gasteiger partial charge in [0.25, 0.3) is 11.7 Å². The molecule has 0 spiro atoms. The summed E-state index contributed by atoms with van der Waals surface area (Å²) in [5.41, 5.74) is 1.59. The number of nitrogens with zero attached hydrogens (tertiary/aromatic N) is 3. The largest absolute Gasteiger partial charge is 0.298 e. The molecule has 24 heavy (non-hydrogen) atoms. The lowest BCUT2D eigenvalue weighted by atomic mass is 10.2. The van der Waals surface area contributed by atoms with Gasteiger partial charge in [-0.05, 0) is 36.0 Å². The minimum Gasteiger partial charge on any atom is -0.298 e. The molecule has 0 fully saturated rings. The number of alkyl halides is 2. The number of rotatable bonds is 5. The summed E-state index contributed by atoms with van der Waals surface area (Å²) in [5.74, 6) is -3.18. The van der Waals surface area contributed by atoms with Crippen LogP contribution in [-0.2, 0) is 0 Å². The van der Waals surface area contributed by atoms with Gasteiger partial charge in [-0.15, -0.1) is 11.3 Å². The molecule has 0 saturated heterocycles. The van der Waals surface area contributed by atoms with E-state index in [4.69, 9.17) is 0 Å². The van der Waals surface area contributed by atoms with Crippen LogP contribution in [0.3, 0.4) is 0 Å². The Kier molecular flexibility index (Phi) is 5.11. The molecule has 9 heteroatoms. The van der Waals surface area contributed by atoms with Gasteiger partial charge in [-0.1, -0.05) is 0 Å². The minimum absolute atomic E-state index is 0.0194. The van der Waals surface area contributed by atoms with E-state index in [-0.39, 0.29) is 22.4 Å². The van der Waals surface area contributed by atoms with Crippen molar-refractivity contribution in [3.63, 3.8) is 0 Å². The van der Waals surface area contributed by atoms with Gasteiger partial charge in [-0.2, -0.15) is 8.78 Å². The molecule has 0 saturated carbocycles. The van der Waals surface area contributed by atoms with E-state index in [1.807, 2.05) is 6.07 Å². The van der Waals surface area contributed by atoms with Crippen molar-refractivity contribution in [3.8, 4) is 11.3 Å². The standard InChI is InChI=1S/C15H10F2N4OS2/c16-14(17)24-13-10(4-2-6-19-13)12(22)21-15-20-11(8-23-15)9-3-1-5-18-7-9/h1-8,14H,(H,20,21,22). The molecule has 0 aliphatic rings. The molecule has 1 amide bonds. The predicted octanol–water partition coefficient (Wildman–Crippen LogP) is 4.17. The summed E-state index contributed by atoms with van der Waals surface area (Å²) in [4.78, 5) is 24.5. The third-order valence-electron chi connectivity index (χ3n) is 2.90. The summed E-state index contributed by atoms with van der Waals surface area (Å²) in [6, 6.07) is 6.61. The lowest BCUT2D eigenvalue weighted by Gasteiger charge is -2.06. The number of hydrogen-bond acceptors (Lipinski definition) is 6. The second-order valence-electron chi connectivity index (χ2n) is 4.47. The number of nitrogens with one attached hydrogen (secondary N) is 1. The second kappa shape index (κ2) is 7.45. The highest BCUT2D eigenvalue weighted by molar-refractivity contribution is 7.99. The maximum absolute atomic E-state index is 12.6. The fraction of sp³-hybridized carbons (Fsp3) is 0.0667. The summed E-state index contributed by atoms with van der Waals surface area (Å²) >= 11 is 1.48. The number of hydrogen-bond donors (Lipinski definition) is 1. The maximum atomic E-state index is 12.6. The van der Waals surface area contributed by atoms with Crippen molar-refractivity contribution in [2.75, 3.05) is 5.32 Å². The second-order valence-corrected chi connectivity index (χ2v) is 6.31. The van der Waals surface area contributed by atoms with Gasteiger partial charge in [0.05, 0.1) is 11.3 Å². The fourth-order valence-electron chi connectivity index (χ4n) is 1.88. The fourth-order valence-corrected chi connectivity index (χ4v) is 3.18. The molecule has 0 bridgehead atoms. The number of anilines is 1. The molecule has 3 heterocycles. The molecule has 0 aliphatic heterocycles. The molecule has 1 N–H and O–H groups in total. The van der Waals surface area contributed by atoms with Crippen molar-refractivity contribution in [2.24, 2.45) is 0 Å². The van der Waals surface area contributed by atoms with Gasteiger partial charge in [0.15, 0.2) is 5.13 Å². The molecule has 3 aromatic rings. The van der Waals surface area contributed by atoms with Gasteiger partial charge in [-0.25, -0.2) is 9.97 Å². The average Bonchev–Trinajstić information content (AvgIpc) is 3.04. The zero-order valence-corrected chi connectivity index (χ0v) is 13.7. The van der Waals surface area contributed by atoms with Crippen LogP contribution in [0, 0.1) is 0 Å². The lowest BCUT2D eigenvalue weighted by molar-refractivity contribution is 0.102. The van der Waals surface area contributed by atoms with Crippen molar-refractivity contribution in [3.05, 3.63) is 53.8 Å². The zero-order chi connectivity index (χ0) is 16.9. The van der Waals surface area contributed by atoms with Crippen molar-refractivity contribution in [2.45, 2.75) is 10.8 Å². The van der Waals surface area contributed by atoms with Crippen LogP contribution in [0.4, 0.5) is 13.9 Å². The Labute approximate surface area is 144 Å². The van der Waals surface area contributed by atoms with Crippen LogP contribution < -0.4 is 5.32 Å². The SMILES string of the molecule is O=C(Nc1nc(-c2cccnc2)cs1)c1cccnc1SC(F)F. The molecule has 0 aromatic carbocycles. The van der Waals surface area contributed by atoms with Crippen LogP contribution in [0.25, 0.3) is 11.3 Å². The zero-order valence-electron chi connectivity index (χ0n) is 12.0. The van der Waals surface area contributed by atoms with Crippen LogP contribution in [0.2, 0.25) is 0 Å². The highest BCUT2D eigenvalue weighted by Crippen LogP contribution is 2.28. The van der Waals surface area contributed by atoms with E-state index in [0.29, 0.717) is 10.8 Å². The van der Waals surface area contributed by atoms with E-state index in [2.05, 4.69) is 20.3 Å². The van der Waals surface area contributed by atoms with E-state index < -0.39 is 11.7 Å². The van der Waals surface area contributed by atoms with Crippen molar-refractivity contribution >= 4 is 34.1 Å². The Hall–Kier alpha value is -2.39. The molecule has 0 unspecified atom stereocenters. The Morgan fingerprint density at radius 1 is 1.25 bits per heavy atom. The van der Waals surface area contributed by atoms with Crippen molar-refractivity contribution in [1.82, 2.24) is 15.0 Å². The molecule has 0 atom stereocenters. The first-order valence-corrected chi connectivity index (χ1v) is 8.46. The first-order valence-electron chi connectivity index (χ1n) is 6.70. The Morgan fingerprint density at radius 3 is 2.83 bits per heavy atom. The number of thiazole rings is 1. The smallest absolute Gasteiger partial charge is 0.290 e. The van der Waals surface area contributed by atoms with Gasteiger partial charge in [0.2, 0.25) is 0 Å². The van der Waals surface area contributed by atoms with Gasteiger partial charge in [0.1, 0.15) is 5.03 Å². The van der Waals surface area contributed by atoms with Crippen LogP contribution >= 0.6 is 23.1 Å². The van der Waals surface area contributed by atoms with Crippen LogP contribution in [-0.4, -0.2) is 26.6 Å². The quantitative estimate of drug-likeness (QED) is 0.688.